The van der Waals surface area contributed by atoms with Gasteiger partial charge in [-0.1, -0.05) is 59.3 Å². The average Bonchev–Trinajstić information content (AvgIpc) is 2.54. The zero-order chi connectivity index (χ0) is 9.84. The van der Waals surface area contributed by atoms with Gasteiger partial charge in [0.2, 0.25) is 0 Å². The SMILES string of the molecule is CCC1=[C-]C(CC)C(CC)=C1CC.Cl.[Ti]. The van der Waals surface area contributed by atoms with E-state index in [1.807, 2.05) is 0 Å². The van der Waals surface area contributed by atoms with Gasteiger partial charge in [-0.3, -0.25) is 6.08 Å². The molecule has 0 aromatic carbocycles. The first-order valence-electron chi connectivity index (χ1n) is 5.62. The summed E-state index contributed by atoms with van der Waals surface area (Å²) in [4.78, 5) is 0. The van der Waals surface area contributed by atoms with Crippen LogP contribution in [0.5, 0.6) is 0 Å². The summed E-state index contributed by atoms with van der Waals surface area (Å²) in [6.45, 7) is 9.04. The van der Waals surface area contributed by atoms with Crippen LogP contribution in [-0.2, 0) is 21.7 Å². The molecule has 0 spiro atoms. The van der Waals surface area contributed by atoms with Crippen LogP contribution in [0.3, 0.4) is 0 Å². The first kappa shape index (κ1) is 17.9. The topological polar surface area (TPSA) is 0 Å². The zero-order valence-electron chi connectivity index (χ0n) is 10.3. The summed E-state index contributed by atoms with van der Waals surface area (Å²) in [5.41, 5.74) is 4.75. The Morgan fingerprint density at radius 3 is 1.93 bits per heavy atom. The molecule has 0 saturated carbocycles. The predicted octanol–water partition coefficient (Wildman–Crippen LogP) is 4.70. The molecule has 1 unspecified atom stereocenters. The number of allylic oxidation sites excluding steroid dienone is 4. The Morgan fingerprint density at radius 1 is 1.00 bits per heavy atom. The molecule has 15 heavy (non-hydrogen) atoms. The maximum atomic E-state index is 3.63. The summed E-state index contributed by atoms with van der Waals surface area (Å²) < 4.78 is 0. The first-order valence-corrected chi connectivity index (χ1v) is 5.62. The summed E-state index contributed by atoms with van der Waals surface area (Å²) >= 11 is 0. The minimum atomic E-state index is 0. The van der Waals surface area contributed by atoms with E-state index < -0.39 is 0 Å². The summed E-state index contributed by atoms with van der Waals surface area (Å²) in [5, 5.41) is 0. The van der Waals surface area contributed by atoms with E-state index in [1.54, 1.807) is 11.1 Å². The van der Waals surface area contributed by atoms with Gasteiger partial charge in [-0.15, -0.1) is 12.4 Å². The Morgan fingerprint density at radius 2 is 1.60 bits per heavy atom. The molecule has 0 amide bonds. The van der Waals surface area contributed by atoms with Crippen molar-refractivity contribution in [1.29, 1.82) is 0 Å². The van der Waals surface area contributed by atoms with E-state index in [1.165, 1.54) is 24.8 Å². The van der Waals surface area contributed by atoms with Crippen LogP contribution in [0.1, 0.15) is 53.4 Å². The molecule has 2 heteroatoms. The van der Waals surface area contributed by atoms with Gasteiger partial charge in [0, 0.05) is 21.7 Å². The Kier molecular flexibility index (Phi) is 10.3. The van der Waals surface area contributed by atoms with E-state index in [0.717, 1.165) is 6.42 Å². The van der Waals surface area contributed by atoms with E-state index in [0.29, 0.717) is 5.92 Å². The molecule has 0 radical (unpaired) electrons. The third-order valence-corrected chi connectivity index (χ3v) is 3.02. The fraction of sp³-hybridized carbons (Fsp3) is 0.692. The molecular weight excluding hydrogens is 239 g/mol. The van der Waals surface area contributed by atoms with Gasteiger partial charge >= 0.3 is 0 Å². The van der Waals surface area contributed by atoms with Crippen LogP contribution in [0.2, 0.25) is 0 Å². The fourth-order valence-corrected chi connectivity index (χ4v) is 2.35. The molecule has 1 aliphatic carbocycles. The fourth-order valence-electron chi connectivity index (χ4n) is 2.35. The molecule has 0 bridgehead atoms. The Labute approximate surface area is 116 Å². The second-order valence-corrected chi connectivity index (χ2v) is 3.65. The third-order valence-electron chi connectivity index (χ3n) is 3.02. The zero-order valence-corrected chi connectivity index (χ0v) is 12.7. The molecular formula is C13H22ClTi-. The second-order valence-electron chi connectivity index (χ2n) is 3.65. The number of halogens is 1. The van der Waals surface area contributed by atoms with Crippen LogP contribution in [0, 0.1) is 12.0 Å². The smallest absolute Gasteiger partial charge is 0 e. The normalized spacial score (nSPS) is 19.5. The van der Waals surface area contributed by atoms with E-state index in [4.69, 9.17) is 0 Å². The molecule has 0 heterocycles. The van der Waals surface area contributed by atoms with Crippen molar-refractivity contribution in [3.05, 3.63) is 22.8 Å². The van der Waals surface area contributed by atoms with Gasteiger partial charge in [-0.2, -0.15) is 11.1 Å². The van der Waals surface area contributed by atoms with E-state index in [9.17, 15) is 0 Å². The van der Waals surface area contributed by atoms with Crippen LogP contribution >= 0.6 is 12.4 Å². The van der Waals surface area contributed by atoms with Gasteiger partial charge < -0.3 is 0 Å². The molecule has 1 rings (SSSR count). The van der Waals surface area contributed by atoms with Gasteiger partial charge in [0.15, 0.2) is 0 Å². The van der Waals surface area contributed by atoms with Crippen LogP contribution < -0.4 is 0 Å². The van der Waals surface area contributed by atoms with Crippen molar-refractivity contribution in [1.82, 2.24) is 0 Å². The molecule has 0 aromatic heterocycles. The summed E-state index contributed by atoms with van der Waals surface area (Å²) in [5.74, 6) is 0.634. The molecule has 1 aliphatic rings. The second kappa shape index (κ2) is 8.62. The van der Waals surface area contributed by atoms with Gasteiger partial charge in [0.05, 0.1) is 0 Å². The molecule has 0 saturated heterocycles. The maximum absolute atomic E-state index is 3.63. The maximum Gasteiger partial charge on any atom is 0 e. The van der Waals surface area contributed by atoms with Crippen LogP contribution in [-0.4, -0.2) is 0 Å². The summed E-state index contributed by atoms with van der Waals surface area (Å²) in [7, 11) is 0. The monoisotopic (exact) mass is 261 g/mol. The molecule has 0 fully saturated rings. The van der Waals surface area contributed by atoms with Gasteiger partial charge in [0.1, 0.15) is 0 Å². The number of hydrogen-bond acceptors (Lipinski definition) is 0. The standard InChI is InChI=1S/C13H21.ClH.Ti/c1-5-10-9-11(6-2)13(8-4)12(10)7-3;;/h10H,5-8H2,1-4H3;1H;/q-1;;. The first-order chi connectivity index (χ1) is 6.28. The minimum Gasteiger partial charge on any atom is -0.266 e. The largest absolute Gasteiger partial charge is 0.266 e. The molecule has 0 N–H and O–H groups in total. The average molecular weight is 262 g/mol. The Balaban J connectivity index is 0. The van der Waals surface area contributed by atoms with Crippen LogP contribution in [0.4, 0.5) is 0 Å². The molecule has 0 nitrogen and oxygen atoms in total. The van der Waals surface area contributed by atoms with Crippen molar-refractivity contribution < 1.29 is 21.7 Å². The van der Waals surface area contributed by atoms with Crippen LogP contribution in [0.15, 0.2) is 16.7 Å². The molecule has 86 valence electrons. The Hall–Kier alpha value is 0.484. The third kappa shape index (κ3) is 3.77. The summed E-state index contributed by atoms with van der Waals surface area (Å²) in [6.07, 6.45) is 8.41. The van der Waals surface area contributed by atoms with Gasteiger partial charge in [-0.25, -0.2) is 5.57 Å². The number of rotatable bonds is 4. The van der Waals surface area contributed by atoms with E-state index in [2.05, 4.69) is 33.8 Å². The van der Waals surface area contributed by atoms with E-state index >= 15 is 0 Å². The molecule has 0 aliphatic heterocycles. The molecule has 0 aromatic rings. The van der Waals surface area contributed by atoms with Crippen molar-refractivity contribution in [2.45, 2.75) is 53.4 Å². The minimum absolute atomic E-state index is 0. The summed E-state index contributed by atoms with van der Waals surface area (Å²) in [6, 6.07) is 0. The predicted molar refractivity (Wildman–Crippen MR) is 65.7 cm³/mol. The molecule has 1 atom stereocenters. The van der Waals surface area contributed by atoms with Gasteiger partial charge in [0.25, 0.3) is 0 Å². The van der Waals surface area contributed by atoms with Crippen molar-refractivity contribution in [2.24, 2.45) is 5.92 Å². The van der Waals surface area contributed by atoms with E-state index in [-0.39, 0.29) is 34.1 Å². The van der Waals surface area contributed by atoms with Crippen molar-refractivity contribution in [3.8, 4) is 0 Å². The van der Waals surface area contributed by atoms with Gasteiger partial charge in [-0.05, 0) is 0 Å². The van der Waals surface area contributed by atoms with Crippen LogP contribution in [0.25, 0.3) is 0 Å². The van der Waals surface area contributed by atoms with Crippen molar-refractivity contribution >= 4 is 12.4 Å². The Bertz CT molecular complexity index is 241. The van der Waals surface area contributed by atoms with Crippen molar-refractivity contribution in [3.63, 3.8) is 0 Å². The van der Waals surface area contributed by atoms with Crippen molar-refractivity contribution in [2.75, 3.05) is 0 Å². The number of hydrogen-bond donors (Lipinski definition) is 0. The quantitative estimate of drug-likeness (QED) is 0.508.